The Morgan fingerprint density at radius 3 is 2.20 bits per heavy atom. The van der Waals surface area contributed by atoms with E-state index in [1.54, 1.807) is 14.2 Å². The summed E-state index contributed by atoms with van der Waals surface area (Å²) < 4.78 is 10.5. The van der Waals surface area contributed by atoms with E-state index in [0.29, 0.717) is 13.0 Å². The van der Waals surface area contributed by atoms with Crippen molar-refractivity contribution in [3.05, 3.63) is 23.8 Å². The molecule has 0 heterocycles. The molecule has 4 heteroatoms. The van der Waals surface area contributed by atoms with Gasteiger partial charge in [-0.3, -0.25) is 0 Å². The first-order valence-corrected chi connectivity index (χ1v) is 5.05. The first-order valence-electron chi connectivity index (χ1n) is 4.64. The lowest BCUT2D eigenvalue weighted by Crippen LogP contribution is -2.14. The van der Waals surface area contributed by atoms with E-state index < -0.39 is 0 Å². The van der Waals surface area contributed by atoms with Crippen LogP contribution in [0.5, 0.6) is 11.5 Å². The second-order valence-corrected chi connectivity index (χ2v) is 3.64. The normalized spacial score (nSPS) is 9.80. The highest BCUT2D eigenvalue weighted by Crippen LogP contribution is 2.28. The van der Waals surface area contributed by atoms with Crippen LogP contribution < -0.4 is 15.2 Å². The summed E-state index contributed by atoms with van der Waals surface area (Å²) in [6, 6.07) is 5.65. The van der Waals surface area contributed by atoms with Gasteiger partial charge in [0.25, 0.3) is 0 Å². The molecule has 0 fully saturated rings. The quantitative estimate of drug-likeness (QED) is 0.773. The van der Waals surface area contributed by atoms with Crippen LogP contribution in [0.15, 0.2) is 18.2 Å². The average molecular weight is 225 g/mol. The molecule has 15 heavy (non-hydrogen) atoms. The summed E-state index contributed by atoms with van der Waals surface area (Å²) >= 11 is 5.12. The standard InChI is InChI=1S/C11H15NO2S/c1-13-10-4-3-5-11(14-2)9(10)6-8(15)7-12/h3-5H,6-7,12H2,1-2H3. The van der Waals surface area contributed by atoms with Crippen LogP contribution in [0.4, 0.5) is 0 Å². The summed E-state index contributed by atoms with van der Waals surface area (Å²) in [7, 11) is 3.26. The minimum absolute atomic E-state index is 0.399. The van der Waals surface area contributed by atoms with Crippen LogP contribution in [-0.2, 0) is 6.42 Å². The van der Waals surface area contributed by atoms with E-state index in [1.807, 2.05) is 18.2 Å². The van der Waals surface area contributed by atoms with Crippen molar-refractivity contribution in [3.8, 4) is 11.5 Å². The number of hydrogen-bond donors (Lipinski definition) is 1. The summed E-state index contributed by atoms with van der Waals surface area (Å²) in [6.07, 6.45) is 0.610. The molecular formula is C11H15NO2S. The summed E-state index contributed by atoms with van der Waals surface area (Å²) in [6.45, 7) is 0.399. The Bertz CT molecular complexity index is 330. The van der Waals surface area contributed by atoms with Crippen LogP contribution in [-0.4, -0.2) is 25.6 Å². The molecule has 0 aliphatic carbocycles. The molecule has 0 unspecified atom stereocenters. The molecule has 1 aromatic carbocycles. The van der Waals surface area contributed by atoms with Gasteiger partial charge in [-0.25, -0.2) is 0 Å². The largest absolute Gasteiger partial charge is 0.496 e. The van der Waals surface area contributed by atoms with Gasteiger partial charge in [-0.05, 0) is 12.1 Å². The molecule has 1 aromatic rings. The summed E-state index contributed by atoms with van der Waals surface area (Å²) in [5, 5.41) is 0. The number of rotatable bonds is 5. The zero-order valence-corrected chi connectivity index (χ0v) is 9.76. The number of hydrogen-bond acceptors (Lipinski definition) is 4. The highest BCUT2D eigenvalue weighted by Gasteiger charge is 2.10. The van der Waals surface area contributed by atoms with Crippen molar-refractivity contribution in [1.82, 2.24) is 0 Å². The van der Waals surface area contributed by atoms with Crippen LogP contribution in [0, 0.1) is 0 Å². The lowest BCUT2D eigenvalue weighted by atomic mass is 10.1. The molecule has 0 saturated carbocycles. The monoisotopic (exact) mass is 225 g/mol. The fourth-order valence-electron chi connectivity index (χ4n) is 1.37. The van der Waals surface area contributed by atoms with Gasteiger partial charge in [-0.1, -0.05) is 18.3 Å². The Balaban J connectivity index is 3.05. The second-order valence-electron chi connectivity index (χ2n) is 3.06. The predicted molar refractivity (Wildman–Crippen MR) is 64.9 cm³/mol. The predicted octanol–water partition coefficient (Wildman–Crippen LogP) is 1.57. The average Bonchev–Trinajstić information content (AvgIpc) is 2.29. The van der Waals surface area contributed by atoms with E-state index in [9.17, 15) is 0 Å². The molecule has 0 saturated heterocycles. The van der Waals surface area contributed by atoms with Gasteiger partial charge in [0, 0.05) is 23.4 Å². The SMILES string of the molecule is COc1cccc(OC)c1CC(=S)CN. The van der Waals surface area contributed by atoms with Crippen molar-refractivity contribution < 1.29 is 9.47 Å². The second kappa shape index (κ2) is 5.68. The van der Waals surface area contributed by atoms with Gasteiger partial charge in [-0.15, -0.1) is 0 Å². The first kappa shape index (κ1) is 11.9. The molecule has 0 radical (unpaired) electrons. The van der Waals surface area contributed by atoms with Crippen LogP contribution in [0.25, 0.3) is 0 Å². The molecule has 3 nitrogen and oxygen atoms in total. The van der Waals surface area contributed by atoms with Gasteiger partial charge in [0.2, 0.25) is 0 Å². The van der Waals surface area contributed by atoms with Gasteiger partial charge in [0.15, 0.2) is 0 Å². The van der Waals surface area contributed by atoms with E-state index in [1.165, 1.54) is 0 Å². The van der Waals surface area contributed by atoms with E-state index in [4.69, 9.17) is 27.4 Å². The van der Waals surface area contributed by atoms with Crippen molar-refractivity contribution in [2.45, 2.75) is 6.42 Å². The molecule has 0 amide bonds. The van der Waals surface area contributed by atoms with Gasteiger partial charge >= 0.3 is 0 Å². The summed E-state index contributed by atoms with van der Waals surface area (Å²) in [4.78, 5) is 0.790. The maximum atomic E-state index is 5.48. The van der Waals surface area contributed by atoms with E-state index in [0.717, 1.165) is 21.9 Å². The molecule has 0 spiro atoms. The number of thiocarbonyl (C=S) groups is 1. The fourth-order valence-corrected chi connectivity index (χ4v) is 1.52. The molecule has 0 aliphatic rings. The van der Waals surface area contributed by atoms with Gasteiger partial charge < -0.3 is 15.2 Å². The maximum Gasteiger partial charge on any atom is 0.126 e. The highest BCUT2D eigenvalue weighted by molar-refractivity contribution is 7.80. The van der Waals surface area contributed by atoms with Crippen molar-refractivity contribution in [3.63, 3.8) is 0 Å². The number of nitrogens with two attached hydrogens (primary N) is 1. The van der Waals surface area contributed by atoms with Crippen molar-refractivity contribution >= 4 is 17.1 Å². The molecule has 1 rings (SSSR count). The van der Waals surface area contributed by atoms with E-state index in [-0.39, 0.29) is 0 Å². The number of ether oxygens (including phenoxy) is 2. The zero-order chi connectivity index (χ0) is 11.3. The maximum absolute atomic E-state index is 5.48. The smallest absolute Gasteiger partial charge is 0.126 e. The third-order valence-corrected chi connectivity index (χ3v) is 2.44. The molecule has 0 aliphatic heterocycles. The zero-order valence-electron chi connectivity index (χ0n) is 8.95. The van der Waals surface area contributed by atoms with Crippen LogP contribution >= 0.6 is 12.2 Å². The minimum Gasteiger partial charge on any atom is -0.496 e. The summed E-state index contributed by atoms with van der Waals surface area (Å²) in [5.74, 6) is 1.57. The van der Waals surface area contributed by atoms with Gasteiger partial charge in [0.1, 0.15) is 11.5 Å². The Morgan fingerprint density at radius 2 is 1.80 bits per heavy atom. The lowest BCUT2D eigenvalue weighted by Gasteiger charge is -2.12. The van der Waals surface area contributed by atoms with Gasteiger partial charge in [-0.2, -0.15) is 0 Å². The van der Waals surface area contributed by atoms with Crippen LogP contribution in [0.3, 0.4) is 0 Å². The van der Waals surface area contributed by atoms with Crippen molar-refractivity contribution in [1.29, 1.82) is 0 Å². The number of benzene rings is 1. The third kappa shape index (κ3) is 2.91. The topological polar surface area (TPSA) is 44.5 Å². The molecular weight excluding hydrogens is 210 g/mol. The Kier molecular flexibility index (Phi) is 4.52. The van der Waals surface area contributed by atoms with E-state index >= 15 is 0 Å². The minimum atomic E-state index is 0.399. The van der Waals surface area contributed by atoms with Crippen LogP contribution in [0.2, 0.25) is 0 Å². The lowest BCUT2D eigenvalue weighted by molar-refractivity contribution is 0.387. The molecule has 82 valence electrons. The van der Waals surface area contributed by atoms with Crippen molar-refractivity contribution in [2.75, 3.05) is 20.8 Å². The molecule has 0 bridgehead atoms. The fraction of sp³-hybridized carbons (Fsp3) is 0.364. The van der Waals surface area contributed by atoms with E-state index in [2.05, 4.69) is 0 Å². The van der Waals surface area contributed by atoms with Crippen molar-refractivity contribution in [2.24, 2.45) is 5.73 Å². The highest BCUT2D eigenvalue weighted by atomic mass is 32.1. The van der Waals surface area contributed by atoms with Gasteiger partial charge in [0.05, 0.1) is 14.2 Å². The Hall–Kier alpha value is -1.13. The number of methoxy groups -OCH3 is 2. The molecule has 0 atom stereocenters. The first-order chi connectivity index (χ1) is 7.22. The molecule has 0 aromatic heterocycles. The Morgan fingerprint density at radius 1 is 1.27 bits per heavy atom. The third-order valence-electron chi connectivity index (χ3n) is 2.13. The molecule has 2 N–H and O–H groups in total. The Labute approximate surface area is 95.2 Å². The van der Waals surface area contributed by atoms with Crippen LogP contribution in [0.1, 0.15) is 5.56 Å². The summed E-state index contributed by atoms with van der Waals surface area (Å²) in [5.41, 5.74) is 6.44.